The van der Waals surface area contributed by atoms with Gasteiger partial charge >= 0.3 is 0 Å². The van der Waals surface area contributed by atoms with Gasteiger partial charge in [-0.2, -0.15) is 0 Å². The van der Waals surface area contributed by atoms with Crippen LogP contribution in [0.3, 0.4) is 0 Å². The number of amides is 1. The minimum atomic E-state index is -0.305. The number of fused-ring (bicyclic) bond motifs is 1. The fourth-order valence-electron chi connectivity index (χ4n) is 3.65. The molecule has 6 nitrogen and oxygen atoms in total. The van der Waals surface area contributed by atoms with Crippen molar-refractivity contribution in [1.82, 2.24) is 0 Å². The largest absolute Gasteiger partial charge is 0.494 e. The summed E-state index contributed by atoms with van der Waals surface area (Å²) in [5, 5.41) is 0.129. The highest BCUT2D eigenvalue weighted by Crippen LogP contribution is 2.45. The van der Waals surface area contributed by atoms with Crippen molar-refractivity contribution in [3.05, 3.63) is 59.2 Å². The number of likely N-dealkylation sites (N-methyl/N-ethyl adjacent to an activating group) is 1. The van der Waals surface area contributed by atoms with Crippen LogP contribution in [-0.2, 0) is 11.2 Å². The minimum Gasteiger partial charge on any atom is -0.494 e. The molecule has 2 atom stereocenters. The molecule has 7 heteroatoms. The average molecular weight is 441 g/mol. The molecule has 2 aromatic rings. The van der Waals surface area contributed by atoms with Gasteiger partial charge in [-0.05, 0) is 62.1 Å². The van der Waals surface area contributed by atoms with E-state index in [1.807, 2.05) is 38.1 Å². The number of nitrogens with zero attached hydrogens (tertiary/aromatic N) is 1. The number of thioether (sulfide) groups is 1. The number of hydrogen-bond donors (Lipinski definition) is 3. The Morgan fingerprint density at radius 3 is 2.68 bits per heavy atom. The van der Waals surface area contributed by atoms with Crippen LogP contribution in [-0.4, -0.2) is 31.0 Å². The molecule has 0 spiro atoms. The van der Waals surface area contributed by atoms with Crippen LogP contribution in [0.4, 0.5) is 5.69 Å². The van der Waals surface area contributed by atoms with Gasteiger partial charge in [0.15, 0.2) is 0 Å². The molecule has 6 N–H and O–H groups in total. The summed E-state index contributed by atoms with van der Waals surface area (Å²) in [5.74, 6) is 0.490. The molecule has 2 unspecified atom stereocenters. The summed E-state index contributed by atoms with van der Waals surface area (Å²) in [6.07, 6.45) is 1.71. The maximum Gasteiger partial charge on any atom is 0.217 e. The number of carbonyl (C=O) groups is 1. The molecular formula is C24H32N4O2S. The highest BCUT2D eigenvalue weighted by molar-refractivity contribution is 8.00. The van der Waals surface area contributed by atoms with Crippen molar-refractivity contribution in [3.8, 4) is 5.75 Å². The molecule has 31 heavy (non-hydrogen) atoms. The Balaban J connectivity index is 1.65. The number of rotatable bonds is 9. The molecule has 0 aromatic heterocycles. The molecule has 1 aliphatic rings. The Bertz CT molecular complexity index is 972. The highest BCUT2D eigenvalue weighted by Gasteiger charge is 2.32. The molecule has 0 aliphatic carbocycles. The molecule has 2 aromatic carbocycles. The van der Waals surface area contributed by atoms with E-state index < -0.39 is 0 Å². The van der Waals surface area contributed by atoms with Gasteiger partial charge in [0.1, 0.15) is 5.75 Å². The fourth-order valence-corrected chi connectivity index (χ4v) is 4.97. The van der Waals surface area contributed by atoms with E-state index in [0.29, 0.717) is 19.4 Å². The first-order chi connectivity index (χ1) is 14.8. The predicted molar refractivity (Wildman–Crippen MR) is 129 cm³/mol. The van der Waals surface area contributed by atoms with E-state index in [0.717, 1.165) is 39.6 Å². The van der Waals surface area contributed by atoms with Gasteiger partial charge in [-0.3, -0.25) is 4.79 Å². The van der Waals surface area contributed by atoms with Crippen LogP contribution in [0, 0.1) is 0 Å². The lowest BCUT2D eigenvalue weighted by Gasteiger charge is -2.27. The lowest BCUT2D eigenvalue weighted by atomic mass is 10.0. The van der Waals surface area contributed by atoms with Gasteiger partial charge in [0.2, 0.25) is 5.91 Å². The number of nitrogens with two attached hydrogens (primary N) is 3. The molecule has 1 amide bonds. The Morgan fingerprint density at radius 2 is 1.97 bits per heavy atom. The van der Waals surface area contributed by atoms with E-state index in [-0.39, 0.29) is 17.3 Å². The van der Waals surface area contributed by atoms with Crippen molar-refractivity contribution in [2.75, 3.05) is 18.6 Å². The summed E-state index contributed by atoms with van der Waals surface area (Å²) in [6.45, 7) is 4.51. The second-order valence-electron chi connectivity index (χ2n) is 8.15. The first-order valence-electron chi connectivity index (χ1n) is 10.5. The van der Waals surface area contributed by atoms with E-state index in [2.05, 4.69) is 30.1 Å². The van der Waals surface area contributed by atoms with E-state index >= 15 is 0 Å². The van der Waals surface area contributed by atoms with Gasteiger partial charge in [0.25, 0.3) is 0 Å². The second kappa shape index (κ2) is 10.1. The summed E-state index contributed by atoms with van der Waals surface area (Å²) in [4.78, 5) is 14.2. The second-order valence-corrected chi connectivity index (χ2v) is 9.31. The van der Waals surface area contributed by atoms with E-state index in [1.165, 1.54) is 5.56 Å². The van der Waals surface area contributed by atoms with Gasteiger partial charge in [0, 0.05) is 30.1 Å². The van der Waals surface area contributed by atoms with Gasteiger partial charge in [-0.1, -0.05) is 35.5 Å². The summed E-state index contributed by atoms with van der Waals surface area (Å²) >= 11 is 1.76. The Morgan fingerprint density at radius 1 is 1.19 bits per heavy atom. The van der Waals surface area contributed by atoms with Crippen molar-refractivity contribution < 1.29 is 9.53 Å². The number of anilines is 1. The zero-order valence-corrected chi connectivity index (χ0v) is 19.2. The van der Waals surface area contributed by atoms with Crippen molar-refractivity contribution in [2.45, 2.75) is 49.4 Å². The maximum atomic E-state index is 10.9. The number of hydrogen-bond acceptors (Lipinski definition) is 6. The van der Waals surface area contributed by atoms with E-state index in [9.17, 15) is 4.79 Å². The van der Waals surface area contributed by atoms with Gasteiger partial charge in [-0.25, -0.2) is 0 Å². The minimum absolute atomic E-state index is 0.0505. The van der Waals surface area contributed by atoms with Crippen molar-refractivity contribution >= 4 is 29.1 Å². The number of benzene rings is 2. The number of primary amides is 1. The van der Waals surface area contributed by atoms with Gasteiger partial charge in [-0.15, -0.1) is 0 Å². The normalized spacial score (nSPS) is 16.0. The molecule has 3 rings (SSSR count). The molecule has 1 heterocycles. The summed E-state index contributed by atoms with van der Waals surface area (Å²) < 4.78 is 5.78. The number of ether oxygens (including phenoxy) is 1. The summed E-state index contributed by atoms with van der Waals surface area (Å²) in [6, 6.07) is 14.3. The lowest BCUT2D eigenvalue weighted by Crippen LogP contribution is -2.43. The fraction of sp³-hybridized carbons (Fsp3) is 0.375. The first-order valence-corrected chi connectivity index (χ1v) is 11.4. The topological polar surface area (TPSA) is 108 Å². The van der Waals surface area contributed by atoms with Crippen molar-refractivity contribution in [2.24, 2.45) is 17.2 Å². The van der Waals surface area contributed by atoms with Gasteiger partial charge < -0.3 is 26.8 Å². The van der Waals surface area contributed by atoms with Crippen LogP contribution in [0.15, 0.2) is 52.9 Å². The number of allylic oxidation sites excluding steroid dienone is 1. The zero-order valence-electron chi connectivity index (χ0n) is 18.4. The first kappa shape index (κ1) is 23.0. The van der Waals surface area contributed by atoms with Crippen LogP contribution in [0.25, 0.3) is 5.70 Å². The molecule has 166 valence electrons. The average Bonchev–Trinajstić information content (AvgIpc) is 3.06. The molecule has 0 saturated carbocycles. The highest BCUT2D eigenvalue weighted by atomic mass is 32.2. The molecular weight excluding hydrogens is 408 g/mol. The standard InChI is InChI=1S/C24H32N4O2S/c1-15(2)23(27)17-7-4-6-16(12-17)13-19(25)24-28(3)20-10-9-18(14-21(20)31-24)30-11-5-8-22(26)29/h4,6-7,9-10,12,14,19,24H,5,8,11,13,25,27H2,1-3H3,(H2,26,29). The quantitative estimate of drug-likeness (QED) is 0.515. The molecule has 1 aliphatic heterocycles. The smallest absolute Gasteiger partial charge is 0.217 e. The third-order valence-electron chi connectivity index (χ3n) is 5.39. The summed E-state index contributed by atoms with van der Waals surface area (Å²) in [5.41, 5.74) is 23.3. The monoisotopic (exact) mass is 440 g/mol. The van der Waals surface area contributed by atoms with Crippen LogP contribution in [0.2, 0.25) is 0 Å². The Labute approximate surface area is 188 Å². The number of carbonyl (C=O) groups excluding carboxylic acids is 1. The summed E-state index contributed by atoms with van der Waals surface area (Å²) in [7, 11) is 2.08. The van der Waals surface area contributed by atoms with E-state index in [1.54, 1.807) is 11.8 Å². The van der Waals surface area contributed by atoms with Crippen molar-refractivity contribution in [1.29, 1.82) is 0 Å². The predicted octanol–water partition coefficient (Wildman–Crippen LogP) is 3.48. The Kier molecular flexibility index (Phi) is 7.51. The zero-order chi connectivity index (χ0) is 22.5. The maximum absolute atomic E-state index is 10.9. The molecule has 0 bridgehead atoms. The van der Waals surface area contributed by atoms with Crippen LogP contribution < -0.4 is 26.8 Å². The van der Waals surface area contributed by atoms with Crippen LogP contribution >= 0.6 is 11.8 Å². The van der Waals surface area contributed by atoms with Crippen LogP contribution in [0.1, 0.15) is 37.8 Å². The molecule has 0 radical (unpaired) electrons. The Hall–Kier alpha value is -2.64. The molecule has 0 saturated heterocycles. The third kappa shape index (κ3) is 5.74. The van der Waals surface area contributed by atoms with Crippen LogP contribution in [0.5, 0.6) is 5.75 Å². The SMILES string of the molecule is CC(C)=C(N)c1cccc(CC(N)C2Sc3cc(OCCCC(N)=O)ccc3N2C)c1. The molecule has 0 fully saturated rings. The van der Waals surface area contributed by atoms with Gasteiger partial charge in [0.05, 0.1) is 17.7 Å². The lowest BCUT2D eigenvalue weighted by molar-refractivity contribution is -0.118. The van der Waals surface area contributed by atoms with Crippen molar-refractivity contribution in [3.63, 3.8) is 0 Å². The third-order valence-corrected chi connectivity index (χ3v) is 6.88. The van der Waals surface area contributed by atoms with E-state index in [4.69, 9.17) is 21.9 Å².